The summed E-state index contributed by atoms with van der Waals surface area (Å²) in [6.45, 7) is 6.46. The molecule has 1 amide bonds. The summed E-state index contributed by atoms with van der Waals surface area (Å²) in [5, 5.41) is 4.35. The van der Waals surface area contributed by atoms with Crippen molar-refractivity contribution in [2.45, 2.75) is 26.8 Å². The number of anilines is 1. The molecule has 0 atom stereocenters. The third-order valence-electron chi connectivity index (χ3n) is 5.46. The molecular weight excluding hydrogens is 387 g/mol. The maximum atomic E-state index is 13.5. The van der Waals surface area contributed by atoms with E-state index >= 15 is 0 Å². The minimum Gasteiger partial charge on any atom is -0.339 e. The van der Waals surface area contributed by atoms with Gasteiger partial charge in [0.2, 0.25) is 5.95 Å². The highest BCUT2D eigenvalue weighted by molar-refractivity contribution is 5.94. The summed E-state index contributed by atoms with van der Waals surface area (Å²) in [6, 6.07) is 5.74. The SMILES string of the molecule is CCCn1c(N2CCN(C(=O)c3cccc(F)c3)CC2)nc2c(C)nn(C)c2c1=O. The van der Waals surface area contributed by atoms with Crippen LogP contribution in [0, 0.1) is 12.7 Å². The fourth-order valence-corrected chi connectivity index (χ4v) is 3.98. The van der Waals surface area contributed by atoms with Gasteiger partial charge in [-0.25, -0.2) is 9.37 Å². The number of hydrogen-bond donors (Lipinski definition) is 0. The van der Waals surface area contributed by atoms with Crippen LogP contribution in [-0.2, 0) is 13.6 Å². The van der Waals surface area contributed by atoms with Crippen molar-refractivity contribution in [1.82, 2.24) is 24.2 Å². The number of benzene rings is 1. The molecule has 8 nitrogen and oxygen atoms in total. The molecule has 1 aliphatic rings. The molecule has 30 heavy (non-hydrogen) atoms. The van der Waals surface area contributed by atoms with Gasteiger partial charge in [0.15, 0.2) is 5.52 Å². The Labute approximate surface area is 173 Å². The number of fused-ring (bicyclic) bond motifs is 1. The number of carbonyl (C=O) groups is 1. The molecule has 2 aromatic heterocycles. The number of amides is 1. The number of piperazine rings is 1. The molecule has 4 rings (SSSR count). The molecular formula is C21H25FN6O2. The average molecular weight is 412 g/mol. The van der Waals surface area contributed by atoms with Gasteiger partial charge < -0.3 is 9.80 Å². The van der Waals surface area contributed by atoms with Crippen molar-refractivity contribution in [1.29, 1.82) is 0 Å². The molecule has 0 aliphatic carbocycles. The zero-order valence-corrected chi connectivity index (χ0v) is 17.4. The van der Waals surface area contributed by atoms with Crippen LogP contribution in [0.2, 0.25) is 0 Å². The van der Waals surface area contributed by atoms with E-state index in [1.165, 1.54) is 18.2 Å². The average Bonchev–Trinajstić information content (AvgIpc) is 3.03. The van der Waals surface area contributed by atoms with Gasteiger partial charge in [0.05, 0.1) is 5.69 Å². The topological polar surface area (TPSA) is 76.3 Å². The van der Waals surface area contributed by atoms with Gasteiger partial charge in [0.25, 0.3) is 11.5 Å². The number of carbonyl (C=O) groups excluding carboxylic acids is 1. The third-order valence-corrected chi connectivity index (χ3v) is 5.46. The lowest BCUT2D eigenvalue weighted by molar-refractivity contribution is 0.0745. The molecule has 0 unspecified atom stereocenters. The van der Waals surface area contributed by atoms with Gasteiger partial charge in [-0.3, -0.25) is 18.8 Å². The summed E-state index contributed by atoms with van der Waals surface area (Å²) in [4.78, 5) is 34.4. The second-order valence-corrected chi connectivity index (χ2v) is 7.56. The van der Waals surface area contributed by atoms with Crippen LogP contribution in [0.3, 0.4) is 0 Å². The van der Waals surface area contributed by atoms with Crippen LogP contribution in [0.25, 0.3) is 11.0 Å². The predicted molar refractivity (Wildman–Crippen MR) is 112 cm³/mol. The van der Waals surface area contributed by atoms with Crippen molar-refractivity contribution < 1.29 is 9.18 Å². The summed E-state index contributed by atoms with van der Waals surface area (Å²) in [7, 11) is 1.76. The Hall–Kier alpha value is -3.23. The number of hydrogen-bond acceptors (Lipinski definition) is 5. The van der Waals surface area contributed by atoms with E-state index in [0.29, 0.717) is 55.3 Å². The number of halogens is 1. The Kier molecular flexibility index (Phi) is 5.27. The van der Waals surface area contributed by atoms with Crippen molar-refractivity contribution in [3.8, 4) is 0 Å². The minimum absolute atomic E-state index is 0.0989. The van der Waals surface area contributed by atoms with Gasteiger partial charge in [-0.15, -0.1) is 0 Å². The van der Waals surface area contributed by atoms with E-state index in [1.54, 1.807) is 27.3 Å². The van der Waals surface area contributed by atoms with E-state index in [4.69, 9.17) is 4.98 Å². The van der Waals surface area contributed by atoms with Gasteiger partial charge in [-0.2, -0.15) is 5.10 Å². The first-order chi connectivity index (χ1) is 14.4. The molecule has 0 spiro atoms. The molecule has 3 heterocycles. The summed E-state index contributed by atoms with van der Waals surface area (Å²) in [6.07, 6.45) is 0.801. The molecule has 1 aromatic carbocycles. The van der Waals surface area contributed by atoms with Gasteiger partial charge in [-0.1, -0.05) is 13.0 Å². The predicted octanol–water partition coefficient (Wildman–Crippen LogP) is 1.95. The summed E-state index contributed by atoms with van der Waals surface area (Å²) in [5.74, 6) is 0.00216. The smallest absolute Gasteiger partial charge is 0.281 e. The van der Waals surface area contributed by atoms with E-state index in [0.717, 1.165) is 12.1 Å². The first-order valence-corrected chi connectivity index (χ1v) is 10.1. The van der Waals surface area contributed by atoms with Gasteiger partial charge in [0.1, 0.15) is 11.3 Å². The fraction of sp³-hybridized carbons (Fsp3) is 0.429. The zero-order chi connectivity index (χ0) is 21.4. The third kappa shape index (κ3) is 3.44. The maximum Gasteiger partial charge on any atom is 0.281 e. The fourth-order valence-electron chi connectivity index (χ4n) is 3.98. The molecule has 158 valence electrons. The quantitative estimate of drug-likeness (QED) is 0.655. The van der Waals surface area contributed by atoms with Crippen LogP contribution in [0.1, 0.15) is 29.4 Å². The summed E-state index contributed by atoms with van der Waals surface area (Å²) < 4.78 is 16.8. The Balaban J connectivity index is 1.61. The van der Waals surface area contributed by atoms with E-state index < -0.39 is 5.82 Å². The van der Waals surface area contributed by atoms with Gasteiger partial charge in [-0.05, 0) is 31.5 Å². The second-order valence-electron chi connectivity index (χ2n) is 7.56. The molecule has 9 heteroatoms. The van der Waals surface area contributed by atoms with Crippen LogP contribution in [0.15, 0.2) is 29.1 Å². The normalized spacial score (nSPS) is 14.5. The van der Waals surface area contributed by atoms with Crippen LogP contribution in [-0.4, -0.2) is 56.3 Å². The van der Waals surface area contributed by atoms with E-state index in [1.807, 2.05) is 18.7 Å². The highest BCUT2D eigenvalue weighted by Gasteiger charge is 2.26. The van der Waals surface area contributed by atoms with Crippen molar-refractivity contribution in [3.63, 3.8) is 0 Å². The van der Waals surface area contributed by atoms with E-state index in [2.05, 4.69) is 5.10 Å². The molecule has 1 aliphatic heterocycles. The standard InChI is InChI=1S/C21H25FN6O2/c1-4-8-28-20(30)18-17(14(2)24-25(18)3)23-21(28)27-11-9-26(10-12-27)19(29)15-6-5-7-16(22)13-15/h5-7,13H,4,8-12H2,1-3H3. The second kappa shape index (κ2) is 7.89. The zero-order valence-electron chi connectivity index (χ0n) is 17.4. The van der Waals surface area contributed by atoms with Crippen LogP contribution < -0.4 is 10.5 Å². The van der Waals surface area contributed by atoms with E-state index in [-0.39, 0.29) is 11.5 Å². The summed E-state index contributed by atoms with van der Waals surface area (Å²) >= 11 is 0. The van der Waals surface area contributed by atoms with Crippen LogP contribution in [0.5, 0.6) is 0 Å². The maximum absolute atomic E-state index is 13.5. The molecule has 1 saturated heterocycles. The monoisotopic (exact) mass is 412 g/mol. The number of aryl methyl sites for hydroxylation is 2. The van der Waals surface area contributed by atoms with Crippen LogP contribution in [0.4, 0.5) is 10.3 Å². The van der Waals surface area contributed by atoms with Crippen molar-refractivity contribution in [3.05, 3.63) is 51.7 Å². The Morgan fingerprint density at radius 1 is 1.20 bits per heavy atom. The molecule has 0 radical (unpaired) electrons. The number of rotatable bonds is 4. The Morgan fingerprint density at radius 2 is 1.93 bits per heavy atom. The lowest BCUT2D eigenvalue weighted by Gasteiger charge is -2.36. The van der Waals surface area contributed by atoms with Gasteiger partial charge in [0, 0.05) is 45.3 Å². The molecule has 0 N–H and O–H groups in total. The van der Waals surface area contributed by atoms with E-state index in [9.17, 15) is 14.0 Å². The molecule has 0 saturated carbocycles. The Morgan fingerprint density at radius 3 is 2.60 bits per heavy atom. The number of aromatic nitrogens is 4. The van der Waals surface area contributed by atoms with Gasteiger partial charge >= 0.3 is 0 Å². The highest BCUT2D eigenvalue weighted by Crippen LogP contribution is 2.20. The van der Waals surface area contributed by atoms with Crippen molar-refractivity contribution >= 4 is 22.9 Å². The lowest BCUT2D eigenvalue weighted by atomic mass is 10.2. The molecule has 3 aromatic rings. The molecule has 0 bridgehead atoms. The minimum atomic E-state index is -0.424. The highest BCUT2D eigenvalue weighted by atomic mass is 19.1. The van der Waals surface area contributed by atoms with Crippen LogP contribution >= 0.6 is 0 Å². The lowest BCUT2D eigenvalue weighted by Crippen LogP contribution is -2.50. The largest absolute Gasteiger partial charge is 0.339 e. The Bertz CT molecular complexity index is 1160. The first kappa shape index (κ1) is 20.1. The summed E-state index contributed by atoms with van der Waals surface area (Å²) in [5.41, 5.74) is 2.08. The van der Waals surface area contributed by atoms with Crippen molar-refractivity contribution in [2.24, 2.45) is 7.05 Å². The number of nitrogens with zero attached hydrogens (tertiary/aromatic N) is 6. The van der Waals surface area contributed by atoms with Crippen molar-refractivity contribution in [2.75, 3.05) is 31.1 Å². The first-order valence-electron chi connectivity index (χ1n) is 10.1. The molecule has 1 fully saturated rings.